The zero-order valence-electron chi connectivity index (χ0n) is 11.0. The van der Waals surface area contributed by atoms with Gasteiger partial charge in [0.15, 0.2) is 0 Å². The highest BCUT2D eigenvalue weighted by atomic mass is 16.5. The van der Waals surface area contributed by atoms with E-state index in [9.17, 15) is 4.79 Å². The Morgan fingerprint density at radius 3 is 3.05 bits per heavy atom. The molecule has 100 valence electrons. The third-order valence-electron chi connectivity index (χ3n) is 3.61. The Morgan fingerprint density at radius 2 is 2.26 bits per heavy atom. The molecule has 1 aromatic carbocycles. The maximum absolute atomic E-state index is 11.7. The second-order valence-electron chi connectivity index (χ2n) is 5.10. The molecule has 0 bridgehead atoms. The number of piperidine rings is 1. The number of aromatic nitrogens is 1. The van der Waals surface area contributed by atoms with Crippen molar-refractivity contribution in [2.45, 2.75) is 25.9 Å². The zero-order valence-corrected chi connectivity index (χ0v) is 11.0. The van der Waals surface area contributed by atoms with E-state index in [1.807, 2.05) is 25.1 Å². The number of H-pyrrole nitrogens is 1. The van der Waals surface area contributed by atoms with Crippen molar-refractivity contribution in [3.8, 4) is 5.75 Å². The highest BCUT2D eigenvalue weighted by Crippen LogP contribution is 2.25. The van der Waals surface area contributed by atoms with Crippen molar-refractivity contribution in [1.29, 1.82) is 0 Å². The standard InChI is InChI=1S/C15H18N2O2/c1-10-7-13-11(4-6-17-15(13)18)8-14(10)19-12-3-2-5-16-9-12/h4,6-8,12,16H,2-3,5,9H2,1H3,(H,17,18). The topological polar surface area (TPSA) is 54.1 Å². The largest absolute Gasteiger partial charge is 0.489 e. The van der Waals surface area contributed by atoms with Gasteiger partial charge in [-0.2, -0.15) is 0 Å². The molecule has 0 saturated carbocycles. The number of hydrogen-bond acceptors (Lipinski definition) is 3. The van der Waals surface area contributed by atoms with Crippen LogP contribution in [0.25, 0.3) is 10.8 Å². The predicted molar refractivity (Wildman–Crippen MR) is 75.8 cm³/mol. The number of nitrogens with one attached hydrogen (secondary N) is 2. The molecule has 19 heavy (non-hydrogen) atoms. The van der Waals surface area contributed by atoms with E-state index in [-0.39, 0.29) is 11.7 Å². The molecular formula is C15H18N2O2. The molecule has 0 spiro atoms. The summed E-state index contributed by atoms with van der Waals surface area (Å²) in [6.45, 7) is 3.95. The quantitative estimate of drug-likeness (QED) is 0.866. The Morgan fingerprint density at radius 1 is 1.37 bits per heavy atom. The minimum Gasteiger partial charge on any atom is -0.489 e. The molecule has 4 nitrogen and oxygen atoms in total. The molecule has 1 aromatic heterocycles. The van der Waals surface area contributed by atoms with E-state index < -0.39 is 0 Å². The van der Waals surface area contributed by atoms with Crippen LogP contribution < -0.4 is 15.6 Å². The summed E-state index contributed by atoms with van der Waals surface area (Å²) in [5, 5.41) is 4.98. The lowest BCUT2D eigenvalue weighted by Crippen LogP contribution is -2.37. The van der Waals surface area contributed by atoms with Crippen LogP contribution in [0.3, 0.4) is 0 Å². The molecule has 1 saturated heterocycles. The monoisotopic (exact) mass is 258 g/mol. The highest BCUT2D eigenvalue weighted by molar-refractivity contribution is 5.83. The van der Waals surface area contributed by atoms with E-state index in [0.717, 1.165) is 42.6 Å². The molecule has 0 aliphatic carbocycles. The summed E-state index contributed by atoms with van der Waals surface area (Å²) in [4.78, 5) is 14.4. The Kier molecular flexibility index (Phi) is 3.25. The van der Waals surface area contributed by atoms with E-state index >= 15 is 0 Å². The van der Waals surface area contributed by atoms with Gasteiger partial charge in [-0.3, -0.25) is 4.79 Å². The van der Waals surface area contributed by atoms with Crippen molar-refractivity contribution in [3.05, 3.63) is 40.3 Å². The lowest BCUT2D eigenvalue weighted by atomic mass is 10.1. The van der Waals surface area contributed by atoms with Gasteiger partial charge in [-0.1, -0.05) is 0 Å². The first-order chi connectivity index (χ1) is 9.24. The molecule has 1 unspecified atom stereocenters. The molecule has 2 aromatic rings. The van der Waals surface area contributed by atoms with Gasteiger partial charge in [0.2, 0.25) is 0 Å². The molecule has 3 rings (SSSR count). The molecule has 0 radical (unpaired) electrons. The van der Waals surface area contributed by atoms with Crippen molar-refractivity contribution in [2.75, 3.05) is 13.1 Å². The fourth-order valence-corrected chi connectivity index (χ4v) is 2.55. The summed E-state index contributed by atoms with van der Waals surface area (Å²) in [7, 11) is 0. The van der Waals surface area contributed by atoms with E-state index in [0.29, 0.717) is 5.39 Å². The molecule has 2 N–H and O–H groups in total. The minimum atomic E-state index is -0.0496. The van der Waals surface area contributed by atoms with Crippen LogP contribution in [0, 0.1) is 6.92 Å². The molecule has 1 aliphatic heterocycles. The van der Waals surface area contributed by atoms with Gasteiger partial charge in [0.25, 0.3) is 5.56 Å². The maximum Gasteiger partial charge on any atom is 0.255 e. The van der Waals surface area contributed by atoms with Crippen molar-refractivity contribution < 1.29 is 4.74 Å². The first kappa shape index (κ1) is 12.2. The number of aromatic amines is 1. The molecule has 1 fully saturated rings. The van der Waals surface area contributed by atoms with Gasteiger partial charge in [0.1, 0.15) is 11.9 Å². The summed E-state index contributed by atoms with van der Waals surface area (Å²) in [5.74, 6) is 0.881. The lowest BCUT2D eigenvalue weighted by Gasteiger charge is -2.24. The Balaban J connectivity index is 1.95. The smallest absolute Gasteiger partial charge is 0.255 e. The summed E-state index contributed by atoms with van der Waals surface area (Å²) in [6.07, 6.45) is 4.13. The molecule has 1 atom stereocenters. The number of pyridine rings is 1. The summed E-state index contributed by atoms with van der Waals surface area (Å²) in [6, 6.07) is 5.77. The van der Waals surface area contributed by atoms with Crippen molar-refractivity contribution >= 4 is 10.8 Å². The van der Waals surface area contributed by atoms with Crippen LogP contribution in [0.15, 0.2) is 29.2 Å². The fraction of sp³-hybridized carbons (Fsp3) is 0.400. The van der Waals surface area contributed by atoms with Gasteiger partial charge in [0.05, 0.1) is 0 Å². The third-order valence-corrected chi connectivity index (χ3v) is 3.61. The summed E-state index contributed by atoms with van der Waals surface area (Å²) < 4.78 is 6.06. The Labute approximate surface area is 111 Å². The van der Waals surface area contributed by atoms with E-state index in [1.54, 1.807) is 6.20 Å². The van der Waals surface area contributed by atoms with Crippen molar-refractivity contribution in [3.63, 3.8) is 0 Å². The second kappa shape index (κ2) is 5.05. The average Bonchev–Trinajstić information content (AvgIpc) is 2.42. The first-order valence-corrected chi connectivity index (χ1v) is 6.73. The van der Waals surface area contributed by atoms with Crippen LogP contribution in [-0.2, 0) is 0 Å². The average molecular weight is 258 g/mol. The van der Waals surface area contributed by atoms with E-state index in [1.165, 1.54) is 0 Å². The zero-order chi connectivity index (χ0) is 13.2. The maximum atomic E-state index is 11.7. The Bertz CT molecular complexity index is 642. The predicted octanol–water partition coefficient (Wildman–Crippen LogP) is 1.97. The normalized spacial score (nSPS) is 19.5. The molecule has 0 amide bonds. The van der Waals surface area contributed by atoms with Gasteiger partial charge in [-0.25, -0.2) is 0 Å². The molecule has 1 aliphatic rings. The van der Waals surface area contributed by atoms with Gasteiger partial charge in [-0.05, 0) is 55.5 Å². The summed E-state index contributed by atoms with van der Waals surface area (Å²) >= 11 is 0. The van der Waals surface area contributed by atoms with E-state index in [4.69, 9.17) is 4.74 Å². The highest BCUT2D eigenvalue weighted by Gasteiger charge is 2.15. The number of aryl methyl sites for hydroxylation is 1. The number of benzene rings is 1. The van der Waals surface area contributed by atoms with Crippen molar-refractivity contribution in [1.82, 2.24) is 10.3 Å². The molecule has 4 heteroatoms. The van der Waals surface area contributed by atoms with Gasteiger partial charge < -0.3 is 15.0 Å². The SMILES string of the molecule is Cc1cc2c(=O)[nH]ccc2cc1OC1CCCNC1. The van der Waals surface area contributed by atoms with Crippen LogP contribution in [0.4, 0.5) is 0 Å². The molecule has 2 heterocycles. The third kappa shape index (κ3) is 2.49. The fourth-order valence-electron chi connectivity index (χ4n) is 2.55. The van der Waals surface area contributed by atoms with Crippen LogP contribution in [0.5, 0.6) is 5.75 Å². The Hall–Kier alpha value is -1.81. The number of hydrogen-bond donors (Lipinski definition) is 2. The summed E-state index contributed by atoms with van der Waals surface area (Å²) in [5.41, 5.74) is 0.959. The lowest BCUT2D eigenvalue weighted by molar-refractivity contribution is 0.166. The number of fused-ring (bicyclic) bond motifs is 1. The first-order valence-electron chi connectivity index (χ1n) is 6.73. The number of ether oxygens (including phenoxy) is 1. The van der Waals surface area contributed by atoms with Crippen LogP contribution in [0.1, 0.15) is 18.4 Å². The van der Waals surface area contributed by atoms with E-state index in [2.05, 4.69) is 10.3 Å². The van der Waals surface area contributed by atoms with Crippen LogP contribution in [-0.4, -0.2) is 24.2 Å². The van der Waals surface area contributed by atoms with Crippen molar-refractivity contribution in [2.24, 2.45) is 0 Å². The van der Waals surface area contributed by atoms with Crippen LogP contribution >= 0.6 is 0 Å². The van der Waals surface area contributed by atoms with Gasteiger partial charge in [-0.15, -0.1) is 0 Å². The van der Waals surface area contributed by atoms with Gasteiger partial charge >= 0.3 is 0 Å². The van der Waals surface area contributed by atoms with Crippen LogP contribution in [0.2, 0.25) is 0 Å². The minimum absolute atomic E-state index is 0.0496. The molecular weight excluding hydrogens is 240 g/mol. The number of rotatable bonds is 2. The second-order valence-corrected chi connectivity index (χ2v) is 5.10. The van der Waals surface area contributed by atoms with Gasteiger partial charge in [0, 0.05) is 18.1 Å².